The van der Waals surface area contributed by atoms with Gasteiger partial charge >= 0.3 is 0 Å². The number of hydrogen-bond acceptors (Lipinski definition) is 2. The van der Waals surface area contributed by atoms with Crippen LogP contribution in [0.15, 0.2) is 16.6 Å². The van der Waals surface area contributed by atoms with Crippen molar-refractivity contribution in [1.82, 2.24) is 5.32 Å². The van der Waals surface area contributed by atoms with Gasteiger partial charge in [-0.05, 0) is 28.9 Å². The van der Waals surface area contributed by atoms with Crippen molar-refractivity contribution in [3.05, 3.63) is 28.2 Å². The summed E-state index contributed by atoms with van der Waals surface area (Å²) in [6, 6.07) is 1.09. The monoisotopic (exact) mass is 318 g/mol. The zero-order valence-corrected chi connectivity index (χ0v) is 10.9. The van der Waals surface area contributed by atoms with E-state index in [1.165, 1.54) is 6.92 Å². The predicted molar refractivity (Wildman–Crippen MR) is 64.0 cm³/mol. The number of hydrogen-bond donors (Lipinski definition) is 1. The fourth-order valence-corrected chi connectivity index (χ4v) is 2.06. The van der Waals surface area contributed by atoms with Crippen molar-refractivity contribution in [3.63, 3.8) is 0 Å². The third-order valence-corrected chi connectivity index (χ3v) is 3.20. The quantitative estimate of drug-likeness (QED) is 0.799. The lowest BCUT2D eigenvalue weighted by Crippen LogP contribution is -2.57. The third-order valence-electron chi connectivity index (χ3n) is 2.60. The Kier molecular flexibility index (Phi) is 3.34. The van der Waals surface area contributed by atoms with E-state index in [9.17, 15) is 18.4 Å². The molecule has 1 aromatic carbocycles. The number of amides is 2. The molecule has 0 radical (unpaired) electrons. The first-order valence-electron chi connectivity index (χ1n) is 5.15. The van der Waals surface area contributed by atoms with Crippen molar-refractivity contribution in [2.45, 2.75) is 13.0 Å². The van der Waals surface area contributed by atoms with Crippen molar-refractivity contribution < 1.29 is 18.4 Å². The molecule has 0 bridgehead atoms. The summed E-state index contributed by atoms with van der Waals surface area (Å²) in [5.41, 5.74) is -0.116. The van der Waals surface area contributed by atoms with E-state index < -0.39 is 23.6 Å². The van der Waals surface area contributed by atoms with Crippen LogP contribution in [-0.2, 0) is 9.59 Å². The van der Waals surface area contributed by atoms with Crippen LogP contribution in [-0.4, -0.2) is 24.4 Å². The standard InChI is InChI=1S/C11H9BrF2N2O2/c1-5-11(18)16(4-10(17)15-5)9-2-6(12)7(13)3-8(9)14/h2-3,5H,4H2,1H3,(H,15,17). The fourth-order valence-electron chi connectivity index (χ4n) is 1.73. The molecule has 0 aliphatic carbocycles. The molecule has 1 atom stereocenters. The van der Waals surface area contributed by atoms with Gasteiger partial charge < -0.3 is 5.32 Å². The van der Waals surface area contributed by atoms with Crippen molar-refractivity contribution in [2.75, 3.05) is 11.4 Å². The molecule has 4 nitrogen and oxygen atoms in total. The van der Waals surface area contributed by atoms with E-state index in [2.05, 4.69) is 21.2 Å². The lowest BCUT2D eigenvalue weighted by atomic mass is 10.1. The number of carbonyl (C=O) groups is 2. The highest BCUT2D eigenvalue weighted by Crippen LogP contribution is 2.27. The van der Waals surface area contributed by atoms with Gasteiger partial charge in [0.1, 0.15) is 24.2 Å². The van der Waals surface area contributed by atoms with Crippen molar-refractivity contribution in [1.29, 1.82) is 0 Å². The second kappa shape index (κ2) is 4.64. The maximum Gasteiger partial charge on any atom is 0.249 e. The van der Waals surface area contributed by atoms with Gasteiger partial charge in [0.2, 0.25) is 11.8 Å². The highest BCUT2D eigenvalue weighted by atomic mass is 79.9. The minimum atomic E-state index is -0.883. The maximum atomic E-state index is 13.7. The van der Waals surface area contributed by atoms with Crippen LogP contribution < -0.4 is 10.2 Å². The van der Waals surface area contributed by atoms with Crippen LogP contribution in [0.2, 0.25) is 0 Å². The molecule has 96 valence electrons. The second-order valence-corrected chi connectivity index (χ2v) is 4.79. The Hall–Kier alpha value is -1.50. The normalized spacial score (nSPS) is 20.0. The lowest BCUT2D eigenvalue weighted by molar-refractivity contribution is -0.130. The molecule has 1 unspecified atom stereocenters. The van der Waals surface area contributed by atoms with E-state index in [1.54, 1.807) is 0 Å². The number of anilines is 1. The average molecular weight is 319 g/mol. The van der Waals surface area contributed by atoms with E-state index in [4.69, 9.17) is 0 Å². The Morgan fingerprint density at radius 3 is 2.67 bits per heavy atom. The number of benzene rings is 1. The van der Waals surface area contributed by atoms with Gasteiger partial charge in [0.25, 0.3) is 0 Å². The van der Waals surface area contributed by atoms with Crippen LogP contribution in [0.5, 0.6) is 0 Å². The summed E-state index contributed by atoms with van der Waals surface area (Å²) < 4.78 is 26.8. The first kappa shape index (κ1) is 12.9. The Balaban J connectivity index is 2.44. The number of nitrogens with one attached hydrogen (secondary N) is 1. The molecule has 7 heteroatoms. The Bertz CT molecular complexity index is 536. The van der Waals surface area contributed by atoms with Gasteiger partial charge in [-0.2, -0.15) is 0 Å². The van der Waals surface area contributed by atoms with Crippen LogP contribution in [0, 0.1) is 11.6 Å². The minimum Gasteiger partial charge on any atom is -0.343 e. The Morgan fingerprint density at radius 1 is 1.33 bits per heavy atom. The number of piperazine rings is 1. The zero-order valence-electron chi connectivity index (χ0n) is 9.34. The van der Waals surface area contributed by atoms with Crippen molar-refractivity contribution >= 4 is 33.4 Å². The first-order chi connectivity index (χ1) is 8.40. The van der Waals surface area contributed by atoms with Gasteiger partial charge in [-0.15, -0.1) is 0 Å². The Morgan fingerprint density at radius 2 is 2.00 bits per heavy atom. The molecule has 2 amide bonds. The third kappa shape index (κ3) is 2.22. The molecule has 0 aromatic heterocycles. The van der Waals surface area contributed by atoms with Crippen molar-refractivity contribution in [2.24, 2.45) is 0 Å². The summed E-state index contributed by atoms with van der Waals surface area (Å²) in [5, 5.41) is 2.44. The second-order valence-electron chi connectivity index (χ2n) is 3.93. The van der Waals surface area contributed by atoms with Gasteiger partial charge in [-0.1, -0.05) is 0 Å². The van der Waals surface area contributed by atoms with E-state index in [0.29, 0.717) is 6.07 Å². The summed E-state index contributed by atoms with van der Waals surface area (Å²) in [6.45, 7) is 1.22. The average Bonchev–Trinajstić information content (AvgIpc) is 2.29. The molecule has 1 aliphatic rings. The highest BCUT2D eigenvalue weighted by molar-refractivity contribution is 9.10. The van der Waals surface area contributed by atoms with E-state index >= 15 is 0 Å². The molecule has 1 heterocycles. The zero-order chi connectivity index (χ0) is 13.4. The van der Waals surface area contributed by atoms with Crippen LogP contribution >= 0.6 is 15.9 Å². The van der Waals surface area contributed by atoms with Crippen LogP contribution in [0.3, 0.4) is 0 Å². The fraction of sp³-hybridized carbons (Fsp3) is 0.273. The maximum absolute atomic E-state index is 13.7. The molecule has 1 saturated heterocycles. The van der Waals surface area contributed by atoms with Crippen molar-refractivity contribution in [3.8, 4) is 0 Å². The predicted octanol–water partition coefficient (Wildman–Crippen LogP) is 1.58. The highest BCUT2D eigenvalue weighted by Gasteiger charge is 2.32. The molecule has 18 heavy (non-hydrogen) atoms. The Labute approximate surface area is 110 Å². The van der Waals surface area contributed by atoms with Gasteiger partial charge in [0.15, 0.2) is 0 Å². The molecular formula is C11H9BrF2N2O2. The first-order valence-corrected chi connectivity index (χ1v) is 5.94. The molecule has 1 aromatic rings. The molecule has 1 fully saturated rings. The van der Waals surface area contributed by atoms with Gasteiger partial charge in [0.05, 0.1) is 10.2 Å². The topological polar surface area (TPSA) is 49.4 Å². The molecular weight excluding hydrogens is 310 g/mol. The van der Waals surface area contributed by atoms with Crippen LogP contribution in [0.25, 0.3) is 0 Å². The summed E-state index contributed by atoms with van der Waals surface area (Å²) in [5.74, 6) is -2.47. The number of carbonyl (C=O) groups excluding carboxylic acids is 2. The van der Waals surface area contributed by atoms with E-state index in [0.717, 1.165) is 11.0 Å². The van der Waals surface area contributed by atoms with Crippen LogP contribution in [0.4, 0.5) is 14.5 Å². The SMILES string of the molecule is CC1NC(=O)CN(c2cc(Br)c(F)cc2F)C1=O. The number of halogens is 3. The van der Waals surface area contributed by atoms with E-state index in [-0.39, 0.29) is 22.6 Å². The lowest BCUT2D eigenvalue weighted by Gasteiger charge is -2.31. The molecule has 0 saturated carbocycles. The van der Waals surface area contributed by atoms with E-state index in [1.807, 2.05) is 0 Å². The minimum absolute atomic E-state index is 0.0327. The smallest absolute Gasteiger partial charge is 0.249 e. The van der Waals surface area contributed by atoms with Gasteiger partial charge in [0, 0.05) is 6.07 Å². The van der Waals surface area contributed by atoms with Crippen LogP contribution in [0.1, 0.15) is 6.92 Å². The largest absolute Gasteiger partial charge is 0.343 e. The molecule has 2 rings (SSSR count). The number of rotatable bonds is 1. The molecule has 1 aliphatic heterocycles. The summed E-state index contributed by atoms with van der Waals surface area (Å²) in [7, 11) is 0. The number of nitrogens with zero attached hydrogens (tertiary/aromatic N) is 1. The molecule has 0 spiro atoms. The summed E-state index contributed by atoms with van der Waals surface area (Å²) in [4.78, 5) is 24.2. The van der Waals surface area contributed by atoms with Gasteiger partial charge in [-0.25, -0.2) is 8.78 Å². The summed E-state index contributed by atoms with van der Waals surface area (Å²) >= 11 is 2.92. The van der Waals surface area contributed by atoms with Gasteiger partial charge in [-0.3, -0.25) is 14.5 Å². The molecule has 1 N–H and O–H groups in total. The summed E-state index contributed by atoms with van der Waals surface area (Å²) in [6.07, 6.45) is 0.